The molecule has 3 nitrogen and oxygen atoms in total. The first-order valence-electron chi connectivity index (χ1n) is 6.88. The van der Waals surface area contributed by atoms with Gasteiger partial charge in [0.05, 0.1) is 19.1 Å². The summed E-state index contributed by atoms with van der Waals surface area (Å²) in [5.74, 6) is 1.34. The zero-order valence-electron chi connectivity index (χ0n) is 12.4. The van der Waals surface area contributed by atoms with Gasteiger partial charge in [-0.15, -0.1) is 0 Å². The molecule has 1 N–H and O–H groups in total. The fourth-order valence-corrected chi connectivity index (χ4v) is 1.98. The van der Waals surface area contributed by atoms with Crippen LogP contribution in [0.5, 0.6) is 5.75 Å². The van der Waals surface area contributed by atoms with E-state index >= 15 is 0 Å². The van der Waals surface area contributed by atoms with E-state index in [4.69, 9.17) is 10.00 Å². The van der Waals surface area contributed by atoms with Crippen LogP contribution in [0.15, 0.2) is 18.2 Å². The van der Waals surface area contributed by atoms with E-state index in [2.05, 4.69) is 44.3 Å². The number of methoxy groups -OCH3 is 1. The van der Waals surface area contributed by atoms with E-state index in [-0.39, 0.29) is 5.92 Å². The van der Waals surface area contributed by atoms with Gasteiger partial charge in [0.15, 0.2) is 0 Å². The fraction of sp³-hybridized carbons (Fsp3) is 0.562. The van der Waals surface area contributed by atoms with E-state index < -0.39 is 0 Å². The van der Waals surface area contributed by atoms with Gasteiger partial charge in [-0.25, -0.2) is 0 Å². The number of nitrogens with zero attached hydrogens (tertiary/aromatic N) is 1. The van der Waals surface area contributed by atoms with Crippen LogP contribution in [0.1, 0.15) is 31.9 Å². The van der Waals surface area contributed by atoms with Crippen molar-refractivity contribution in [3.05, 3.63) is 29.3 Å². The number of benzene rings is 1. The van der Waals surface area contributed by atoms with Crippen LogP contribution in [-0.4, -0.2) is 13.7 Å². The highest BCUT2D eigenvalue weighted by molar-refractivity contribution is 5.37. The Balaban J connectivity index is 2.64. The molecule has 0 aliphatic rings. The van der Waals surface area contributed by atoms with Crippen molar-refractivity contribution in [2.75, 3.05) is 13.7 Å². The van der Waals surface area contributed by atoms with Crippen molar-refractivity contribution in [2.24, 2.45) is 11.8 Å². The van der Waals surface area contributed by atoms with Crippen LogP contribution in [0.3, 0.4) is 0 Å². The van der Waals surface area contributed by atoms with Gasteiger partial charge in [0, 0.05) is 18.7 Å². The third-order valence-electron chi connectivity index (χ3n) is 3.40. The van der Waals surface area contributed by atoms with E-state index in [1.165, 1.54) is 5.56 Å². The van der Waals surface area contributed by atoms with Gasteiger partial charge in [0.25, 0.3) is 0 Å². The number of hydrogen-bond donors (Lipinski definition) is 1. The molecule has 0 heterocycles. The van der Waals surface area contributed by atoms with Crippen LogP contribution >= 0.6 is 0 Å². The van der Waals surface area contributed by atoms with E-state index in [1.54, 1.807) is 7.11 Å². The first-order chi connectivity index (χ1) is 9.12. The Morgan fingerprint density at radius 2 is 2.11 bits per heavy atom. The van der Waals surface area contributed by atoms with Crippen LogP contribution in [0.25, 0.3) is 0 Å². The highest BCUT2D eigenvalue weighted by Gasteiger charge is 2.12. The predicted octanol–water partition coefficient (Wildman–Crippen LogP) is 3.14. The molecule has 1 aromatic carbocycles. The molecule has 1 unspecified atom stereocenters. The summed E-state index contributed by atoms with van der Waals surface area (Å²) in [6, 6.07) is 8.62. The summed E-state index contributed by atoms with van der Waals surface area (Å²) in [6.45, 7) is 7.75. The lowest BCUT2D eigenvalue weighted by molar-refractivity contribution is 0.403. The van der Waals surface area contributed by atoms with Crippen LogP contribution < -0.4 is 10.1 Å². The molecule has 1 atom stereocenters. The number of aryl methyl sites for hydroxylation is 1. The molecule has 0 aliphatic carbocycles. The quantitative estimate of drug-likeness (QED) is 0.819. The highest BCUT2D eigenvalue weighted by Crippen LogP contribution is 2.20. The van der Waals surface area contributed by atoms with Crippen molar-refractivity contribution in [1.29, 1.82) is 5.26 Å². The maximum atomic E-state index is 9.06. The Morgan fingerprint density at radius 1 is 1.37 bits per heavy atom. The van der Waals surface area contributed by atoms with Gasteiger partial charge >= 0.3 is 0 Å². The second kappa shape index (κ2) is 7.81. The lowest BCUT2D eigenvalue weighted by Crippen LogP contribution is -2.25. The maximum absolute atomic E-state index is 9.06. The van der Waals surface area contributed by atoms with E-state index in [0.717, 1.165) is 24.3 Å². The molecule has 0 bridgehead atoms. The third-order valence-corrected chi connectivity index (χ3v) is 3.40. The summed E-state index contributed by atoms with van der Waals surface area (Å²) in [5, 5.41) is 12.4. The van der Waals surface area contributed by atoms with Crippen molar-refractivity contribution in [3.63, 3.8) is 0 Å². The van der Waals surface area contributed by atoms with Crippen LogP contribution in [0, 0.1) is 23.2 Å². The lowest BCUT2D eigenvalue weighted by Gasteiger charge is -2.15. The Bertz CT molecular complexity index is 435. The minimum atomic E-state index is 0.0559. The number of rotatable bonds is 7. The summed E-state index contributed by atoms with van der Waals surface area (Å²) in [5.41, 5.74) is 2.46. The monoisotopic (exact) mass is 260 g/mol. The molecule has 104 valence electrons. The number of ether oxygens (including phenoxy) is 1. The standard InChI is InChI=1S/C16H24N2O/c1-5-13-6-7-16(19-4)14(8-13)10-18-11-15(9-17)12(2)3/h6-8,12,15,18H,5,10-11H2,1-4H3. The molecule has 0 saturated carbocycles. The van der Waals surface area contributed by atoms with Gasteiger partial charge in [0.2, 0.25) is 0 Å². The van der Waals surface area contributed by atoms with Crippen molar-refractivity contribution >= 4 is 0 Å². The van der Waals surface area contributed by atoms with Crippen LogP contribution in [0.2, 0.25) is 0 Å². The van der Waals surface area contributed by atoms with Gasteiger partial charge in [-0.3, -0.25) is 0 Å². The molecule has 0 saturated heterocycles. The summed E-state index contributed by atoms with van der Waals surface area (Å²) in [7, 11) is 1.69. The average Bonchev–Trinajstić information content (AvgIpc) is 2.42. The Hall–Kier alpha value is -1.53. The normalized spacial score (nSPS) is 12.2. The molecular formula is C16H24N2O. The smallest absolute Gasteiger partial charge is 0.123 e. The highest BCUT2D eigenvalue weighted by atomic mass is 16.5. The molecule has 0 amide bonds. The van der Waals surface area contributed by atoms with Gasteiger partial charge in [-0.05, 0) is 24.0 Å². The zero-order valence-corrected chi connectivity index (χ0v) is 12.4. The Morgan fingerprint density at radius 3 is 2.63 bits per heavy atom. The van der Waals surface area contributed by atoms with Gasteiger partial charge in [-0.1, -0.05) is 32.9 Å². The van der Waals surface area contributed by atoms with Gasteiger partial charge < -0.3 is 10.1 Å². The molecule has 0 radical (unpaired) electrons. The van der Waals surface area contributed by atoms with Crippen molar-refractivity contribution in [3.8, 4) is 11.8 Å². The van der Waals surface area contributed by atoms with Crippen molar-refractivity contribution in [2.45, 2.75) is 33.7 Å². The zero-order chi connectivity index (χ0) is 14.3. The topological polar surface area (TPSA) is 45.0 Å². The molecule has 1 aromatic rings. The Labute approximate surface area is 116 Å². The fourth-order valence-electron chi connectivity index (χ4n) is 1.98. The maximum Gasteiger partial charge on any atom is 0.123 e. The SMILES string of the molecule is CCc1ccc(OC)c(CNCC(C#N)C(C)C)c1. The van der Waals surface area contributed by atoms with Crippen molar-refractivity contribution in [1.82, 2.24) is 5.32 Å². The van der Waals surface area contributed by atoms with E-state index in [1.807, 2.05) is 6.07 Å². The van der Waals surface area contributed by atoms with Gasteiger partial charge in [0.1, 0.15) is 5.75 Å². The van der Waals surface area contributed by atoms with Gasteiger partial charge in [-0.2, -0.15) is 5.26 Å². The molecule has 0 spiro atoms. The first-order valence-corrected chi connectivity index (χ1v) is 6.88. The minimum absolute atomic E-state index is 0.0559. The summed E-state index contributed by atoms with van der Waals surface area (Å²) < 4.78 is 5.37. The molecule has 0 aliphatic heterocycles. The molecule has 0 fully saturated rings. The number of nitriles is 1. The number of hydrogen-bond acceptors (Lipinski definition) is 3. The predicted molar refractivity (Wildman–Crippen MR) is 78.0 cm³/mol. The van der Waals surface area contributed by atoms with Crippen LogP contribution in [-0.2, 0) is 13.0 Å². The molecule has 3 heteroatoms. The molecule has 0 aromatic heterocycles. The summed E-state index contributed by atoms with van der Waals surface area (Å²) in [6.07, 6.45) is 1.02. The van der Waals surface area contributed by atoms with E-state index in [9.17, 15) is 0 Å². The minimum Gasteiger partial charge on any atom is -0.496 e. The third kappa shape index (κ3) is 4.57. The largest absolute Gasteiger partial charge is 0.496 e. The molecular weight excluding hydrogens is 236 g/mol. The first kappa shape index (κ1) is 15.5. The summed E-state index contributed by atoms with van der Waals surface area (Å²) >= 11 is 0. The summed E-state index contributed by atoms with van der Waals surface area (Å²) in [4.78, 5) is 0. The average molecular weight is 260 g/mol. The number of nitrogens with one attached hydrogen (secondary N) is 1. The van der Waals surface area contributed by atoms with Crippen molar-refractivity contribution < 1.29 is 4.74 Å². The molecule has 1 rings (SSSR count). The second-order valence-corrected chi connectivity index (χ2v) is 5.11. The second-order valence-electron chi connectivity index (χ2n) is 5.11. The molecule has 19 heavy (non-hydrogen) atoms. The lowest BCUT2D eigenvalue weighted by atomic mass is 9.97. The van der Waals surface area contributed by atoms with Crippen LogP contribution in [0.4, 0.5) is 0 Å². The Kier molecular flexibility index (Phi) is 6.38. The van der Waals surface area contributed by atoms with E-state index in [0.29, 0.717) is 12.5 Å².